The number of carbonyl (C=O) groups excluding carboxylic acids is 2. The molecule has 120 valence electrons. The van der Waals surface area contributed by atoms with Crippen LogP contribution in [0.5, 0.6) is 0 Å². The van der Waals surface area contributed by atoms with Crippen molar-refractivity contribution >= 4 is 12.2 Å². The minimum Gasteiger partial charge on any atom is -0.341 e. The first-order valence-corrected chi connectivity index (χ1v) is 8.05. The smallest absolute Gasteiger partial charge is 0.225 e. The van der Waals surface area contributed by atoms with E-state index in [1.54, 1.807) is 4.90 Å². The minimum atomic E-state index is -0.773. The van der Waals surface area contributed by atoms with Gasteiger partial charge in [-0.25, -0.2) is 0 Å². The molecule has 4 nitrogen and oxygen atoms in total. The average Bonchev–Trinajstić information content (AvgIpc) is 2.89. The third-order valence-corrected chi connectivity index (χ3v) is 4.52. The van der Waals surface area contributed by atoms with E-state index in [2.05, 4.69) is 13.8 Å². The Kier molecular flexibility index (Phi) is 5.72. The molecule has 1 aromatic rings. The summed E-state index contributed by atoms with van der Waals surface area (Å²) in [5.41, 5.74) is 0.999. The van der Waals surface area contributed by atoms with Crippen LogP contribution in [0.4, 0.5) is 0 Å². The van der Waals surface area contributed by atoms with Gasteiger partial charge >= 0.3 is 0 Å². The Balaban J connectivity index is 2.10. The Labute approximate surface area is 132 Å². The highest BCUT2D eigenvalue weighted by Crippen LogP contribution is 2.34. The van der Waals surface area contributed by atoms with Crippen LogP contribution in [0.1, 0.15) is 51.7 Å². The van der Waals surface area contributed by atoms with E-state index in [4.69, 9.17) is 4.74 Å². The molecule has 0 radical (unpaired) electrons. The van der Waals surface area contributed by atoms with E-state index in [1.807, 2.05) is 37.3 Å². The van der Waals surface area contributed by atoms with Crippen molar-refractivity contribution in [2.24, 2.45) is 5.92 Å². The number of rotatable bonds is 6. The van der Waals surface area contributed by atoms with Crippen LogP contribution in [0.3, 0.4) is 0 Å². The number of hydrogen-bond donors (Lipinski definition) is 0. The van der Waals surface area contributed by atoms with E-state index >= 15 is 0 Å². The second-order valence-electron chi connectivity index (χ2n) is 6.09. The zero-order valence-electron chi connectivity index (χ0n) is 13.6. The molecule has 0 spiro atoms. The van der Waals surface area contributed by atoms with Gasteiger partial charge in [-0.05, 0) is 24.8 Å². The van der Waals surface area contributed by atoms with Crippen LogP contribution >= 0.6 is 0 Å². The molecule has 4 heteroatoms. The van der Waals surface area contributed by atoms with Crippen LogP contribution in [-0.4, -0.2) is 29.4 Å². The summed E-state index contributed by atoms with van der Waals surface area (Å²) in [6.45, 7) is 6.21. The third-order valence-electron chi connectivity index (χ3n) is 4.52. The van der Waals surface area contributed by atoms with Gasteiger partial charge < -0.3 is 9.64 Å². The van der Waals surface area contributed by atoms with Crippen molar-refractivity contribution < 1.29 is 14.3 Å². The van der Waals surface area contributed by atoms with E-state index in [1.165, 1.54) is 0 Å². The van der Waals surface area contributed by atoms with Crippen LogP contribution in [0.25, 0.3) is 0 Å². The fraction of sp³-hybridized carbons (Fsp3) is 0.556. The number of nitrogens with zero attached hydrogens (tertiary/aromatic N) is 1. The summed E-state index contributed by atoms with van der Waals surface area (Å²) in [7, 11) is 0. The molecule has 1 saturated heterocycles. The Hall–Kier alpha value is -1.68. The fourth-order valence-electron chi connectivity index (χ4n) is 2.88. The summed E-state index contributed by atoms with van der Waals surface area (Å²) in [5, 5.41) is 0. The Morgan fingerprint density at radius 1 is 1.36 bits per heavy atom. The van der Waals surface area contributed by atoms with Gasteiger partial charge in [0.05, 0.1) is 6.04 Å². The molecule has 4 unspecified atom stereocenters. The lowest BCUT2D eigenvalue weighted by Gasteiger charge is -2.25. The maximum absolute atomic E-state index is 12.5. The van der Waals surface area contributed by atoms with Crippen LogP contribution in [0.2, 0.25) is 0 Å². The second kappa shape index (κ2) is 7.54. The number of benzene rings is 1. The van der Waals surface area contributed by atoms with Crippen molar-refractivity contribution in [2.75, 3.05) is 0 Å². The Morgan fingerprint density at radius 3 is 2.64 bits per heavy atom. The van der Waals surface area contributed by atoms with Crippen molar-refractivity contribution in [3.05, 3.63) is 35.9 Å². The summed E-state index contributed by atoms with van der Waals surface area (Å²) < 4.78 is 5.81. The first-order chi connectivity index (χ1) is 10.6. The zero-order valence-corrected chi connectivity index (χ0v) is 13.6. The number of carbonyl (C=O) groups is 2. The van der Waals surface area contributed by atoms with Gasteiger partial charge in [-0.1, -0.05) is 50.6 Å². The van der Waals surface area contributed by atoms with E-state index in [9.17, 15) is 9.59 Å². The van der Waals surface area contributed by atoms with Crippen molar-refractivity contribution in [3.8, 4) is 0 Å². The maximum atomic E-state index is 12.5. The Morgan fingerprint density at radius 2 is 2.05 bits per heavy atom. The van der Waals surface area contributed by atoms with Gasteiger partial charge in [0.15, 0.2) is 12.5 Å². The molecule has 0 aliphatic carbocycles. The highest BCUT2D eigenvalue weighted by atomic mass is 16.5. The second-order valence-corrected chi connectivity index (χ2v) is 6.09. The lowest BCUT2D eigenvalue weighted by molar-refractivity contribution is -0.142. The molecule has 0 aromatic heterocycles. The third kappa shape index (κ3) is 3.55. The molecular weight excluding hydrogens is 278 g/mol. The molecule has 0 N–H and O–H groups in total. The highest BCUT2D eigenvalue weighted by Gasteiger charge is 2.42. The lowest BCUT2D eigenvalue weighted by Crippen LogP contribution is -2.41. The molecule has 1 heterocycles. The van der Waals surface area contributed by atoms with Crippen molar-refractivity contribution in [1.82, 2.24) is 4.90 Å². The van der Waals surface area contributed by atoms with Crippen LogP contribution in [0, 0.1) is 5.92 Å². The van der Waals surface area contributed by atoms with Crippen molar-refractivity contribution in [3.63, 3.8) is 0 Å². The summed E-state index contributed by atoms with van der Waals surface area (Å²) in [6.07, 6.45) is 2.08. The van der Waals surface area contributed by atoms with Gasteiger partial charge in [-0.15, -0.1) is 0 Å². The maximum Gasteiger partial charge on any atom is 0.225 e. The highest BCUT2D eigenvalue weighted by molar-refractivity contribution is 5.80. The van der Waals surface area contributed by atoms with Crippen molar-refractivity contribution in [1.29, 1.82) is 0 Å². The predicted molar refractivity (Wildman–Crippen MR) is 85.1 cm³/mol. The lowest BCUT2D eigenvalue weighted by atomic mass is 10.0. The SMILES string of the molecule is CCC(C)CCC(=O)N1C(C=O)OC(c2ccccc2)C1C. The predicted octanol–water partition coefficient (Wildman–Crippen LogP) is 3.33. The summed E-state index contributed by atoms with van der Waals surface area (Å²) in [4.78, 5) is 25.4. The average molecular weight is 303 g/mol. The molecule has 0 saturated carbocycles. The first-order valence-electron chi connectivity index (χ1n) is 8.05. The standard InChI is InChI=1S/C18H25NO3/c1-4-13(2)10-11-16(21)19-14(3)18(22-17(19)12-20)15-8-6-5-7-9-15/h5-9,12-14,17-18H,4,10-11H2,1-3H3. The molecule has 1 aliphatic rings. The quantitative estimate of drug-likeness (QED) is 0.757. The van der Waals surface area contributed by atoms with Gasteiger partial charge in [0.2, 0.25) is 5.91 Å². The summed E-state index contributed by atoms with van der Waals surface area (Å²) in [5.74, 6) is 0.519. The van der Waals surface area contributed by atoms with E-state index < -0.39 is 6.23 Å². The number of amides is 1. The van der Waals surface area contributed by atoms with Gasteiger partial charge in [-0.3, -0.25) is 9.59 Å². The molecule has 2 rings (SSSR count). The normalized spacial score (nSPS) is 26.0. The summed E-state index contributed by atoms with van der Waals surface area (Å²) in [6, 6.07) is 9.62. The molecular formula is C18H25NO3. The van der Waals surface area contributed by atoms with Gasteiger partial charge in [0.25, 0.3) is 0 Å². The minimum absolute atomic E-state index is 0.00308. The topological polar surface area (TPSA) is 46.6 Å². The van der Waals surface area contributed by atoms with E-state index in [0.717, 1.165) is 24.7 Å². The number of aldehydes is 1. The van der Waals surface area contributed by atoms with Gasteiger partial charge in [-0.2, -0.15) is 0 Å². The zero-order chi connectivity index (χ0) is 16.1. The van der Waals surface area contributed by atoms with Gasteiger partial charge in [0.1, 0.15) is 6.10 Å². The number of hydrogen-bond acceptors (Lipinski definition) is 3. The van der Waals surface area contributed by atoms with Crippen LogP contribution < -0.4 is 0 Å². The monoisotopic (exact) mass is 303 g/mol. The molecule has 4 atom stereocenters. The fourth-order valence-corrected chi connectivity index (χ4v) is 2.88. The molecule has 0 bridgehead atoms. The molecule has 22 heavy (non-hydrogen) atoms. The van der Waals surface area contributed by atoms with E-state index in [0.29, 0.717) is 12.3 Å². The number of ether oxygens (including phenoxy) is 1. The van der Waals surface area contributed by atoms with Gasteiger partial charge in [0, 0.05) is 6.42 Å². The first kappa shape index (κ1) is 16.7. The van der Waals surface area contributed by atoms with E-state index in [-0.39, 0.29) is 18.1 Å². The molecule has 1 aliphatic heterocycles. The molecule has 1 aromatic carbocycles. The largest absolute Gasteiger partial charge is 0.341 e. The van der Waals surface area contributed by atoms with Crippen LogP contribution in [0.15, 0.2) is 30.3 Å². The van der Waals surface area contributed by atoms with Crippen LogP contribution in [-0.2, 0) is 14.3 Å². The molecule has 1 fully saturated rings. The molecule has 1 amide bonds. The summed E-state index contributed by atoms with van der Waals surface area (Å²) >= 11 is 0. The van der Waals surface area contributed by atoms with Crippen molar-refractivity contribution in [2.45, 2.75) is 58.4 Å². The Bertz CT molecular complexity index is 502.